The molecule has 0 saturated carbocycles. The van der Waals surface area contributed by atoms with Crippen molar-refractivity contribution >= 4 is 17.0 Å². The van der Waals surface area contributed by atoms with Gasteiger partial charge in [-0.15, -0.1) is 0 Å². The molecule has 0 radical (unpaired) electrons. The molecule has 0 aliphatic rings. The monoisotopic (exact) mass is 425 g/mol. The number of aromatic nitrogens is 1. The van der Waals surface area contributed by atoms with Crippen LogP contribution < -0.4 is 0 Å². The van der Waals surface area contributed by atoms with E-state index in [2.05, 4.69) is 0 Å². The molecule has 0 spiro atoms. The van der Waals surface area contributed by atoms with Crippen molar-refractivity contribution in [1.82, 2.24) is 4.57 Å². The molecule has 0 aliphatic carbocycles. The van der Waals surface area contributed by atoms with E-state index in [1.165, 1.54) is 6.07 Å². The van der Waals surface area contributed by atoms with Crippen molar-refractivity contribution in [1.29, 1.82) is 0 Å². The number of fused-ring (bicyclic) bond motifs is 1. The summed E-state index contributed by atoms with van der Waals surface area (Å²) in [7, 11) is 1.64. The second kappa shape index (κ2) is 7.22. The van der Waals surface area contributed by atoms with Gasteiger partial charge in [0.1, 0.15) is 5.57 Å². The highest BCUT2D eigenvalue weighted by molar-refractivity contribution is 5.98. The van der Waals surface area contributed by atoms with Gasteiger partial charge in [-0.1, -0.05) is 57.2 Å². The maximum Gasteiger partial charge on any atom is 0.421 e. The first-order valence-corrected chi connectivity index (χ1v) is 9.25. The number of halogens is 6. The molecule has 0 unspecified atom stereocenters. The molecule has 1 heterocycles. The van der Waals surface area contributed by atoms with E-state index in [4.69, 9.17) is 0 Å². The smallest absolute Gasteiger partial charge is 0.343 e. The summed E-state index contributed by atoms with van der Waals surface area (Å²) in [6.45, 7) is 5.96. The van der Waals surface area contributed by atoms with Gasteiger partial charge in [0.15, 0.2) is 0 Å². The Morgan fingerprint density at radius 2 is 1.43 bits per heavy atom. The zero-order valence-electron chi connectivity index (χ0n) is 16.9. The molecule has 3 aromatic rings. The summed E-state index contributed by atoms with van der Waals surface area (Å²) in [4.78, 5) is 0. The van der Waals surface area contributed by atoms with E-state index >= 15 is 0 Å². The number of allylic oxidation sites excluding steroid dienone is 1. The van der Waals surface area contributed by atoms with E-state index in [1.807, 2.05) is 32.9 Å². The van der Waals surface area contributed by atoms with E-state index in [-0.39, 0.29) is 17.1 Å². The van der Waals surface area contributed by atoms with Gasteiger partial charge in [-0.25, -0.2) is 0 Å². The molecule has 1 nitrogen and oxygen atoms in total. The lowest BCUT2D eigenvalue weighted by atomic mass is 9.85. The Labute approximate surface area is 170 Å². The summed E-state index contributed by atoms with van der Waals surface area (Å²) in [6.07, 6.45) is -10.8. The summed E-state index contributed by atoms with van der Waals surface area (Å²) in [5.74, 6) is 0. The fraction of sp³-hybridized carbons (Fsp3) is 0.304. The second-order valence-electron chi connectivity index (χ2n) is 8.22. The third-order valence-electron chi connectivity index (χ3n) is 5.05. The first-order valence-electron chi connectivity index (χ1n) is 9.25. The van der Waals surface area contributed by atoms with Gasteiger partial charge < -0.3 is 4.57 Å². The standard InChI is InChI=1S/C23H21F6N/c1-21(2,3)15-9-7-8-14(12-15)20-17(13-19(22(24,25)26)23(27,28)29)16-10-5-6-11-18(16)30(20)4/h5-13H,1-4H3. The Morgan fingerprint density at radius 1 is 0.833 bits per heavy atom. The third kappa shape index (κ3) is 4.11. The maximum absolute atomic E-state index is 13.3. The van der Waals surface area contributed by atoms with Gasteiger partial charge in [0.05, 0.1) is 5.69 Å². The molecule has 160 valence electrons. The van der Waals surface area contributed by atoms with E-state index < -0.39 is 17.9 Å². The van der Waals surface area contributed by atoms with Gasteiger partial charge in [0.2, 0.25) is 0 Å². The molecule has 7 heteroatoms. The lowest BCUT2D eigenvalue weighted by Gasteiger charge is -2.20. The number of hydrogen-bond donors (Lipinski definition) is 0. The number of hydrogen-bond acceptors (Lipinski definition) is 0. The predicted octanol–water partition coefficient (Wildman–Crippen LogP) is 7.65. The summed E-state index contributed by atoms with van der Waals surface area (Å²) in [5, 5.41) is 0.321. The number of rotatable bonds is 2. The molecule has 0 saturated heterocycles. The molecular formula is C23H21F6N. The molecule has 0 aliphatic heterocycles. The largest absolute Gasteiger partial charge is 0.421 e. The number of nitrogens with zero attached hydrogens (tertiary/aromatic N) is 1. The summed E-state index contributed by atoms with van der Waals surface area (Å²) in [5.41, 5.74) is -0.553. The summed E-state index contributed by atoms with van der Waals surface area (Å²) in [6, 6.07) is 13.6. The van der Waals surface area contributed by atoms with Crippen LogP contribution in [-0.4, -0.2) is 16.9 Å². The quantitative estimate of drug-likeness (QED) is 0.372. The first kappa shape index (κ1) is 22.0. The normalized spacial score (nSPS) is 13.0. The molecule has 0 atom stereocenters. The van der Waals surface area contributed by atoms with Gasteiger partial charge >= 0.3 is 12.4 Å². The average Bonchev–Trinajstić information content (AvgIpc) is 2.89. The van der Waals surface area contributed by atoms with E-state index in [1.54, 1.807) is 41.9 Å². The minimum Gasteiger partial charge on any atom is -0.343 e. The number of benzene rings is 2. The van der Waals surface area contributed by atoms with Crippen molar-refractivity contribution < 1.29 is 26.3 Å². The van der Waals surface area contributed by atoms with Crippen LogP contribution in [0, 0.1) is 0 Å². The Hall–Kier alpha value is -2.70. The van der Waals surface area contributed by atoms with Crippen LogP contribution in [0.1, 0.15) is 31.9 Å². The van der Waals surface area contributed by atoms with Crippen molar-refractivity contribution in [3.63, 3.8) is 0 Å². The van der Waals surface area contributed by atoms with Gasteiger partial charge in [0, 0.05) is 23.5 Å². The van der Waals surface area contributed by atoms with E-state index in [0.29, 0.717) is 22.2 Å². The molecule has 1 aromatic heterocycles. The van der Waals surface area contributed by atoms with Crippen LogP contribution in [0.2, 0.25) is 0 Å². The summed E-state index contributed by atoms with van der Waals surface area (Å²) < 4.78 is 81.2. The van der Waals surface area contributed by atoms with Crippen molar-refractivity contribution in [2.75, 3.05) is 0 Å². The zero-order chi connectivity index (χ0) is 22.5. The summed E-state index contributed by atoms with van der Waals surface area (Å²) >= 11 is 0. The van der Waals surface area contributed by atoms with Gasteiger partial charge in [-0.3, -0.25) is 0 Å². The lowest BCUT2D eigenvalue weighted by Crippen LogP contribution is -2.25. The minimum absolute atomic E-state index is 0.108. The SMILES string of the molecule is Cn1c(-c2cccc(C(C)(C)C)c2)c(C=C(C(F)(F)F)C(F)(F)F)c2ccccc21. The molecule has 2 aromatic carbocycles. The highest BCUT2D eigenvalue weighted by Gasteiger charge is 2.51. The van der Waals surface area contributed by atoms with E-state index in [9.17, 15) is 26.3 Å². The molecule has 30 heavy (non-hydrogen) atoms. The Balaban J connectivity index is 2.40. The van der Waals surface area contributed by atoms with Gasteiger partial charge in [-0.2, -0.15) is 26.3 Å². The topological polar surface area (TPSA) is 4.93 Å². The number of para-hydroxylation sites is 1. The molecule has 0 N–H and O–H groups in total. The Morgan fingerprint density at radius 3 is 2.00 bits per heavy atom. The molecule has 0 amide bonds. The fourth-order valence-corrected chi connectivity index (χ4v) is 3.52. The highest BCUT2D eigenvalue weighted by atomic mass is 19.4. The van der Waals surface area contributed by atoms with Crippen molar-refractivity contribution in [2.24, 2.45) is 7.05 Å². The fourth-order valence-electron chi connectivity index (χ4n) is 3.52. The van der Waals surface area contributed by atoms with Crippen LogP contribution in [0.25, 0.3) is 28.2 Å². The van der Waals surface area contributed by atoms with Crippen LogP contribution in [0.15, 0.2) is 54.1 Å². The van der Waals surface area contributed by atoms with Crippen molar-refractivity contribution in [2.45, 2.75) is 38.5 Å². The molecule has 3 rings (SSSR count). The number of aryl methyl sites for hydroxylation is 1. The minimum atomic E-state index is -5.53. The third-order valence-corrected chi connectivity index (χ3v) is 5.05. The Kier molecular flexibility index (Phi) is 5.29. The Bertz CT molecular complexity index is 1090. The molecule has 0 bridgehead atoms. The van der Waals surface area contributed by atoms with Crippen LogP contribution in [0.3, 0.4) is 0 Å². The van der Waals surface area contributed by atoms with E-state index in [0.717, 1.165) is 5.56 Å². The van der Waals surface area contributed by atoms with Crippen LogP contribution in [-0.2, 0) is 12.5 Å². The number of alkyl halides is 6. The zero-order valence-corrected chi connectivity index (χ0v) is 16.9. The molecular weight excluding hydrogens is 404 g/mol. The van der Waals surface area contributed by atoms with Crippen LogP contribution >= 0.6 is 0 Å². The van der Waals surface area contributed by atoms with Crippen molar-refractivity contribution in [3.8, 4) is 11.3 Å². The highest BCUT2D eigenvalue weighted by Crippen LogP contribution is 2.43. The maximum atomic E-state index is 13.3. The van der Waals surface area contributed by atoms with Crippen LogP contribution in [0.4, 0.5) is 26.3 Å². The van der Waals surface area contributed by atoms with Crippen LogP contribution in [0.5, 0.6) is 0 Å². The molecule has 0 fully saturated rings. The predicted molar refractivity (Wildman–Crippen MR) is 107 cm³/mol. The lowest BCUT2D eigenvalue weighted by molar-refractivity contribution is -0.170. The second-order valence-corrected chi connectivity index (χ2v) is 8.22. The van der Waals surface area contributed by atoms with Gasteiger partial charge in [-0.05, 0) is 34.8 Å². The van der Waals surface area contributed by atoms with Crippen molar-refractivity contribution in [3.05, 3.63) is 65.2 Å². The average molecular weight is 425 g/mol. The van der Waals surface area contributed by atoms with Gasteiger partial charge in [0.25, 0.3) is 0 Å². The first-order chi connectivity index (χ1) is 13.7.